The third kappa shape index (κ3) is 4.22. The fourth-order valence-electron chi connectivity index (χ4n) is 4.21. The van der Waals surface area contributed by atoms with E-state index in [1.165, 1.54) is 13.1 Å². The van der Waals surface area contributed by atoms with E-state index in [1.807, 2.05) is 6.07 Å². The van der Waals surface area contributed by atoms with Crippen LogP contribution >= 0.6 is 0 Å². The quantitative estimate of drug-likeness (QED) is 0.454. The van der Waals surface area contributed by atoms with Gasteiger partial charge in [-0.3, -0.25) is 19.7 Å². The first-order chi connectivity index (χ1) is 17.5. The van der Waals surface area contributed by atoms with Crippen LogP contribution in [0.3, 0.4) is 0 Å². The molecule has 4 aromatic heterocycles. The van der Waals surface area contributed by atoms with Crippen molar-refractivity contribution < 1.29 is 13.9 Å². The van der Waals surface area contributed by atoms with Crippen molar-refractivity contribution in [2.24, 2.45) is 0 Å². The molecule has 4 aromatic rings. The van der Waals surface area contributed by atoms with Crippen LogP contribution in [0.5, 0.6) is 0 Å². The van der Waals surface area contributed by atoms with Gasteiger partial charge in [0.2, 0.25) is 5.95 Å². The van der Waals surface area contributed by atoms with Crippen molar-refractivity contribution in [3.05, 3.63) is 65.5 Å². The molecule has 0 aromatic carbocycles. The van der Waals surface area contributed by atoms with Crippen LogP contribution in [0.2, 0.25) is 0 Å². The summed E-state index contributed by atoms with van der Waals surface area (Å²) < 4.78 is 20.1. The molecule has 1 amide bonds. The molecule has 0 spiro atoms. The summed E-state index contributed by atoms with van der Waals surface area (Å²) in [4.78, 5) is 41.6. The second kappa shape index (κ2) is 8.83. The van der Waals surface area contributed by atoms with Crippen molar-refractivity contribution in [1.82, 2.24) is 35.2 Å². The molecule has 10 nitrogen and oxygen atoms in total. The number of halogens is 1. The third-order valence-corrected chi connectivity index (χ3v) is 6.37. The summed E-state index contributed by atoms with van der Waals surface area (Å²) in [6.07, 6.45) is 7.58. The minimum atomic E-state index is -1.69. The standard InChI is InChI=1S/C25H23FN8O2/c1-25(26)14-36-13-22-17(25)7-15(9-29-22)23(35)31-10-16-8-19-20(11-28-16)30-12-21(32-19)18-3-4-27-24(33-18)34-5-2-6-34/h3-4,7-9,11-12H,2,5-6,10,13-14H2,1H3,(H,31,35)/t25-/m1/s1. The number of fused-ring (bicyclic) bond motifs is 2. The monoisotopic (exact) mass is 486 g/mol. The topological polar surface area (TPSA) is 119 Å². The first-order valence-electron chi connectivity index (χ1n) is 11.7. The maximum atomic E-state index is 14.8. The Kier molecular flexibility index (Phi) is 5.48. The third-order valence-electron chi connectivity index (χ3n) is 6.37. The average molecular weight is 487 g/mol. The number of carbonyl (C=O) groups is 1. The van der Waals surface area contributed by atoms with Crippen LogP contribution in [0.1, 0.15) is 40.7 Å². The van der Waals surface area contributed by atoms with Crippen LogP contribution in [0.25, 0.3) is 22.4 Å². The summed E-state index contributed by atoms with van der Waals surface area (Å²) in [6, 6.07) is 5.13. The van der Waals surface area contributed by atoms with E-state index in [9.17, 15) is 9.18 Å². The molecule has 1 fully saturated rings. The number of ether oxygens (including phenoxy) is 1. The van der Waals surface area contributed by atoms with E-state index in [1.54, 1.807) is 30.7 Å². The normalized spacial score (nSPS) is 19.0. The molecule has 1 saturated heterocycles. The number of hydrogen-bond acceptors (Lipinski definition) is 9. The van der Waals surface area contributed by atoms with Crippen LogP contribution in [-0.4, -0.2) is 55.5 Å². The number of nitrogens with one attached hydrogen (secondary N) is 1. The molecule has 11 heteroatoms. The Labute approximate surface area is 206 Å². The molecule has 6 rings (SSSR count). The molecular formula is C25H23FN8O2. The largest absolute Gasteiger partial charge is 0.371 e. The number of pyridine rings is 2. The van der Waals surface area contributed by atoms with Crippen LogP contribution in [0, 0.1) is 0 Å². The van der Waals surface area contributed by atoms with Gasteiger partial charge in [0, 0.05) is 31.0 Å². The molecule has 0 aliphatic carbocycles. The minimum absolute atomic E-state index is 0.0641. The van der Waals surface area contributed by atoms with Gasteiger partial charge in [0.05, 0.1) is 60.3 Å². The van der Waals surface area contributed by atoms with E-state index in [-0.39, 0.29) is 31.2 Å². The zero-order valence-corrected chi connectivity index (χ0v) is 19.6. The Hall–Kier alpha value is -4.12. The van der Waals surface area contributed by atoms with Gasteiger partial charge in [-0.1, -0.05) is 0 Å². The number of carbonyl (C=O) groups excluding carboxylic acids is 1. The lowest BCUT2D eigenvalue weighted by Gasteiger charge is -2.30. The zero-order chi connectivity index (χ0) is 24.7. The van der Waals surface area contributed by atoms with E-state index in [2.05, 4.69) is 35.1 Å². The molecule has 36 heavy (non-hydrogen) atoms. The highest BCUT2D eigenvalue weighted by Crippen LogP contribution is 2.33. The van der Waals surface area contributed by atoms with E-state index in [0.717, 1.165) is 19.5 Å². The Morgan fingerprint density at radius 3 is 2.81 bits per heavy atom. The number of hydrogen-bond donors (Lipinski definition) is 1. The average Bonchev–Trinajstić information content (AvgIpc) is 2.86. The minimum Gasteiger partial charge on any atom is -0.371 e. The smallest absolute Gasteiger partial charge is 0.253 e. The number of alkyl halides is 1. The summed E-state index contributed by atoms with van der Waals surface area (Å²) >= 11 is 0. The van der Waals surface area contributed by atoms with Crippen molar-refractivity contribution in [2.45, 2.75) is 32.2 Å². The number of nitrogens with zero attached hydrogens (tertiary/aromatic N) is 7. The molecular weight excluding hydrogens is 463 g/mol. The van der Waals surface area contributed by atoms with Gasteiger partial charge in [0.25, 0.3) is 5.91 Å². The van der Waals surface area contributed by atoms with Gasteiger partial charge < -0.3 is 15.0 Å². The number of amides is 1. The molecule has 182 valence electrons. The Morgan fingerprint density at radius 2 is 1.97 bits per heavy atom. The fourth-order valence-corrected chi connectivity index (χ4v) is 4.21. The Morgan fingerprint density at radius 1 is 1.08 bits per heavy atom. The van der Waals surface area contributed by atoms with E-state index in [4.69, 9.17) is 9.72 Å². The van der Waals surface area contributed by atoms with Crippen molar-refractivity contribution >= 4 is 22.9 Å². The van der Waals surface area contributed by atoms with Gasteiger partial charge in [-0.2, -0.15) is 0 Å². The van der Waals surface area contributed by atoms with Crippen LogP contribution in [-0.2, 0) is 23.6 Å². The number of rotatable bonds is 5. The summed E-state index contributed by atoms with van der Waals surface area (Å²) in [5, 5.41) is 2.82. The predicted octanol–water partition coefficient (Wildman–Crippen LogP) is 2.73. The van der Waals surface area contributed by atoms with Gasteiger partial charge in [-0.25, -0.2) is 19.3 Å². The predicted molar refractivity (Wildman–Crippen MR) is 129 cm³/mol. The zero-order valence-electron chi connectivity index (χ0n) is 19.6. The Balaban J connectivity index is 1.20. The second-order valence-corrected chi connectivity index (χ2v) is 9.09. The maximum absolute atomic E-state index is 14.8. The van der Waals surface area contributed by atoms with Gasteiger partial charge in [-0.15, -0.1) is 0 Å². The molecule has 2 aliphatic rings. The van der Waals surface area contributed by atoms with Crippen molar-refractivity contribution in [3.63, 3.8) is 0 Å². The van der Waals surface area contributed by atoms with E-state index < -0.39 is 5.67 Å². The molecule has 0 saturated carbocycles. The molecule has 2 aliphatic heterocycles. The van der Waals surface area contributed by atoms with Crippen LogP contribution in [0.4, 0.5) is 10.3 Å². The molecule has 0 radical (unpaired) electrons. The fraction of sp³-hybridized carbons (Fsp3) is 0.320. The van der Waals surface area contributed by atoms with Gasteiger partial charge in [0.15, 0.2) is 5.67 Å². The van der Waals surface area contributed by atoms with Gasteiger partial charge in [0.1, 0.15) is 11.2 Å². The van der Waals surface area contributed by atoms with Crippen molar-refractivity contribution in [1.29, 1.82) is 0 Å². The van der Waals surface area contributed by atoms with E-state index >= 15 is 0 Å². The van der Waals surface area contributed by atoms with Gasteiger partial charge >= 0.3 is 0 Å². The van der Waals surface area contributed by atoms with Gasteiger partial charge in [-0.05, 0) is 31.5 Å². The van der Waals surface area contributed by atoms with Crippen molar-refractivity contribution in [2.75, 3.05) is 24.6 Å². The summed E-state index contributed by atoms with van der Waals surface area (Å²) in [6.45, 7) is 3.67. The highest BCUT2D eigenvalue weighted by molar-refractivity contribution is 5.94. The molecule has 6 heterocycles. The van der Waals surface area contributed by atoms with Crippen LogP contribution in [0.15, 0.2) is 43.0 Å². The lowest BCUT2D eigenvalue weighted by atomic mass is 9.94. The maximum Gasteiger partial charge on any atom is 0.253 e. The first-order valence-corrected chi connectivity index (χ1v) is 11.7. The molecule has 0 bridgehead atoms. The highest BCUT2D eigenvalue weighted by Gasteiger charge is 2.34. The highest BCUT2D eigenvalue weighted by atomic mass is 19.1. The first kappa shape index (κ1) is 22.4. The second-order valence-electron chi connectivity index (χ2n) is 9.09. The SMILES string of the molecule is C[C@@]1(F)COCc2ncc(C(=O)NCc3cc4nc(-c5ccnc(N6CCC6)n5)cnc4cn3)cc21. The summed E-state index contributed by atoms with van der Waals surface area (Å²) in [7, 11) is 0. The molecule has 1 N–H and O–H groups in total. The molecule has 0 unspecified atom stereocenters. The van der Waals surface area contributed by atoms with Crippen molar-refractivity contribution in [3.8, 4) is 11.4 Å². The van der Waals surface area contributed by atoms with E-state index in [0.29, 0.717) is 45.3 Å². The lowest BCUT2D eigenvalue weighted by molar-refractivity contribution is -0.00692. The van der Waals surface area contributed by atoms with Crippen LogP contribution < -0.4 is 10.2 Å². The lowest BCUT2D eigenvalue weighted by Crippen LogP contribution is -2.38. The summed E-state index contributed by atoms with van der Waals surface area (Å²) in [5.41, 5.74) is 2.69. The number of aromatic nitrogens is 6. The molecule has 1 atom stereocenters. The Bertz CT molecular complexity index is 1470. The summed E-state index contributed by atoms with van der Waals surface area (Å²) in [5.74, 6) is 0.324. The number of anilines is 1.